The summed E-state index contributed by atoms with van der Waals surface area (Å²) in [7, 11) is 0. The van der Waals surface area contributed by atoms with Gasteiger partial charge >= 0.3 is 0 Å². The maximum atomic E-state index is 13.3. The number of hydrogen-bond donors (Lipinski definition) is 0. The Morgan fingerprint density at radius 3 is 2.81 bits per heavy atom. The summed E-state index contributed by atoms with van der Waals surface area (Å²) in [5.41, 5.74) is 1.00. The third kappa shape index (κ3) is 2.84. The normalized spacial score (nSPS) is 11.9. The first-order chi connectivity index (χ1) is 7.61. The predicted molar refractivity (Wildman–Crippen MR) is 67.4 cm³/mol. The van der Waals surface area contributed by atoms with Gasteiger partial charge in [-0.25, -0.2) is 4.39 Å². The fourth-order valence-electron chi connectivity index (χ4n) is 1.30. The third-order valence-corrected chi connectivity index (χ3v) is 3.33. The lowest BCUT2D eigenvalue weighted by Crippen LogP contribution is -1.89. The van der Waals surface area contributed by atoms with Crippen molar-refractivity contribution in [1.29, 1.82) is 5.26 Å². The topological polar surface area (TPSA) is 23.8 Å². The summed E-state index contributed by atoms with van der Waals surface area (Å²) in [6.45, 7) is 1.96. The molecule has 1 rings (SSSR count). The van der Waals surface area contributed by atoms with Gasteiger partial charge in [0.05, 0.1) is 15.6 Å². The van der Waals surface area contributed by atoms with E-state index in [1.165, 1.54) is 6.07 Å². The van der Waals surface area contributed by atoms with Crippen LogP contribution in [0.5, 0.6) is 0 Å². The van der Waals surface area contributed by atoms with E-state index in [1.807, 2.05) is 6.92 Å². The molecule has 1 nitrogen and oxygen atoms in total. The zero-order valence-corrected chi connectivity index (χ0v) is 11.1. The maximum absolute atomic E-state index is 13.3. The second-order valence-electron chi connectivity index (χ2n) is 3.26. The van der Waals surface area contributed by atoms with Crippen LogP contribution in [-0.4, -0.2) is 0 Å². The lowest BCUT2D eigenvalue weighted by atomic mass is 10.1. The van der Waals surface area contributed by atoms with Gasteiger partial charge in [0.2, 0.25) is 0 Å². The molecular formula is C12H10BrClFN. The Hall–Kier alpha value is -0.850. The van der Waals surface area contributed by atoms with Crippen LogP contribution in [0.1, 0.15) is 25.3 Å². The quantitative estimate of drug-likeness (QED) is 0.731. The van der Waals surface area contributed by atoms with E-state index >= 15 is 0 Å². The van der Waals surface area contributed by atoms with Crippen LogP contribution >= 0.6 is 27.5 Å². The van der Waals surface area contributed by atoms with Crippen LogP contribution in [0.4, 0.5) is 4.39 Å². The number of halogens is 3. The minimum absolute atomic E-state index is 0.295. The molecule has 84 valence electrons. The van der Waals surface area contributed by atoms with Crippen molar-refractivity contribution >= 4 is 32.6 Å². The Labute approximate surface area is 108 Å². The Kier molecular flexibility index (Phi) is 4.98. The largest absolute Gasteiger partial charge is 0.206 e. The number of allylic oxidation sites excluding steroid dienone is 1. The Balaban J connectivity index is 3.28. The summed E-state index contributed by atoms with van der Waals surface area (Å²) in [6, 6.07) is 6.64. The summed E-state index contributed by atoms with van der Waals surface area (Å²) >= 11 is 9.22. The molecular weight excluding hydrogens is 292 g/mol. The number of nitrogens with zero attached hydrogens (tertiary/aromatic N) is 1. The van der Waals surface area contributed by atoms with Crippen molar-refractivity contribution in [3.63, 3.8) is 0 Å². The molecule has 0 fully saturated rings. The van der Waals surface area contributed by atoms with Gasteiger partial charge in [-0.1, -0.05) is 37.1 Å². The van der Waals surface area contributed by atoms with Crippen molar-refractivity contribution in [2.45, 2.75) is 19.8 Å². The highest BCUT2D eigenvalue weighted by Gasteiger charge is 2.12. The van der Waals surface area contributed by atoms with Crippen molar-refractivity contribution in [3.8, 4) is 6.07 Å². The van der Waals surface area contributed by atoms with E-state index in [0.717, 1.165) is 6.42 Å². The van der Waals surface area contributed by atoms with Crippen LogP contribution < -0.4 is 0 Å². The highest BCUT2D eigenvalue weighted by molar-refractivity contribution is 9.10. The summed E-state index contributed by atoms with van der Waals surface area (Å²) < 4.78 is 13.6. The molecule has 16 heavy (non-hydrogen) atoms. The standard InChI is InChI=1S/C12H10BrClFN/c1-2-4-8(7-16)12(14)9-5-3-6-10(15)11(9)13/h3,5-6H,2,4H2,1H3/b12-8-. The van der Waals surface area contributed by atoms with Crippen LogP contribution in [0.2, 0.25) is 0 Å². The summed E-state index contributed by atoms with van der Waals surface area (Å²) in [5.74, 6) is -0.385. The van der Waals surface area contributed by atoms with Crippen molar-refractivity contribution in [1.82, 2.24) is 0 Å². The summed E-state index contributed by atoms with van der Waals surface area (Å²) in [5, 5.41) is 9.26. The molecule has 0 bridgehead atoms. The highest BCUT2D eigenvalue weighted by atomic mass is 79.9. The monoisotopic (exact) mass is 301 g/mol. The first-order valence-corrected chi connectivity index (χ1v) is 6.02. The van der Waals surface area contributed by atoms with Crippen molar-refractivity contribution < 1.29 is 4.39 Å². The van der Waals surface area contributed by atoms with Crippen molar-refractivity contribution in [3.05, 3.63) is 39.6 Å². The molecule has 0 amide bonds. The average Bonchev–Trinajstić information content (AvgIpc) is 2.29. The molecule has 0 aliphatic heterocycles. The molecule has 0 aliphatic carbocycles. The van der Waals surface area contributed by atoms with E-state index in [1.54, 1.807) is 12.1 Å². The molecule has 0 aromatic heterocycles. The summed E-state index contributed by atoms with van der Waals surface area (Å²) in [6.07, 6.45) is 1.42. The van der Waals surface area contributed by atoms with Crippen molar-refractivity contribution in [2.24, 2.45) is 0 Å². The molecule has 0 radical (unpaired) electrons. The average molecular weight is 303 g/mol. The van der Waals surface area contributed by atoms with Crippen LogP contribution in [0.15, 0.2) is 28.2 Å². The Morgan fingerprint density at radius 1 is 1.56 bits per heavy atom. The van der Waals surface area contributed by atoms with Gasteiger partial charge in [-0.2, -0.15) is 5.26 Å². The zero-order chi connectivity index (χ0) is 12.1. The summed E-state index contributed by atoms with van der Waals surface area (Å²) in [4.78, 5) is 0. The minimum atomic E-state index is -0.385. The molecule has 4 heteroatoms. The zero-order valence-electron chi connectivity index (χ0n) is 8.73. The maximum Gasteiger partial charge on any atom is 0.138 e. The predicted octanol–water partition coefficient (Wildman–Crippen LogP) is 4.86. The lowest BCUT2D eigenvalue weighted by molar-refractivity contribution is 0.620. The van der Waals surface area contributed by atoms with Gasteiger partial charge < -0.3 is 0 Å². The van der Waals surface area contributed by atoms with E-state index in [9.17, 15) is 4.39 Å². The molecule has 0 unspecified atom stereocenters. The van der Waals surface area contributed by atoms with Gasteiger partial charge in [-0.05, 0) is 28.4 Å². The molecule has 1 aromatic rings. The molecule has 0 atom stereocenters. The van der Waals surface area contributed by atoms with Crippen LogP contribution in [-0.2, 0) is 0 Å². The van der Waals surface area contributed by atoms with Gasteiger partial charge in [-0.15, -0.1) is 0 Å². The molecule has 0 saturated carbocycles. The fraction of sp³-hybridized carbons (Fsp3) is 0.250. The Morgan fingerprint density at radius 2 is 2.25 bits per heavy atom. The van der Waals surface area contributed by atoms with Gasteiger partial charge in [-0.3, -0.25) is 0 Å². The molecule has 0 saturated heterocycles. The molecule has 0 N–H and O–H groups in total. The highest BCUT2D eigenvalue weighted by Crippen LogP contribution is 2.32. The van der Waals surface area contributed by atoms with Crippen molar-refractivity contribution in [2.75, 3.05) is 0 Å². The number of nitriles is 1. The van der Waals surface area contributed by atoms with Gasteiger partial charge in [0.1, 0.15) is 5.82 Å². The number of hydrogen-bond acceptors (Lipinski definition) is 1. The van der Waals surface area contributed by atoms with Gasteiger partial charge in [0.15, 0.2) is 0 Å². The molecule has 1 aromatic carbocycles. The first kappa shape index (κ1) is 13.2. The second kappa shape index (κ2) is 6.03. The smallest absolute Gasteiger partial charge is 0.138 e. The fourth-order valence-corrected chi connectivity index (χ4v) is 2.17. The second-order valence-corrected chi connectivity index (χ2v) is 4.43. The SMILES string of the molecule is CCC/C(C#N)=C(/Cl)c1cccc(F)c1Br. The number of benzene rings is 1. The van der Waals surface area contributed by atoms with Crippen LogP contribution in [0.25, 0.3) is 5.03 Å². The first-order valence-electron chi connectivity index (χ1n) is 4.85. The van der Waals surface area contributed by atoms with E-state index in [4.69, 9.17) is 16.9 Å². The van der Waals surface area contributed by atoms with Gasteiger partial charge in [0.25, 0.3) is 0 Å². The molecule has 0 heterocycles. The Bertz CT molecular complexity index is 463. The van der Waals surface area contributed by atoms with Crippen LogP contribution in [0.3, 0.4) is 0 Å². The lowest BCUT2D eigenvalue weighted by Gasteiger charge is -2.06. The van der Waals surface area contributed by atoms with Crippen LogP contribution in [0, 0.1) is 17.1 Å². The molecule has 0 spiro atoms. The van der Waals surface area contributed by atoms with E-state index < -0.39 is 0 Å². The number of rotatable bonds is 3. The minimum Gasteiger partial charge on any atom is -0.206 e. The van der Waals surface area contributed by atoms with E-state index in [-0.39, 0.29) is 5.82 Å². The van der Waals surface area contributed by atoms with E-state index in [0.29, 0.717) is 27.1 Å². The molecule has 0 aliphatic rings. The van der Waals surface area contributed by atoms with E-state index in [2.05, 4.69) is 22.0 Å². The third-order valence-electron chi connectivity index (χ3n) is 2.09. The van der Waals surface area contributed by atoms with Gasteiger partial charge in [0, 0.05) is 11.1 Å².